The molecule has 0 aromatic carbocycles. The molecule has 0 bridgehead atoms. The summed E-state index contributed by atoms with van der Waals surface area (Å²) in [4.78, 5) is 27.2. The second-order valence-corrected chi connectivity index (χ2v) is 4.71. The number of hydrogen-bond acceptors (Lipinski definition) is 4. The van der Waals surface area contributed by atoms with Gasteiger partial charge in [-0.25, -0.2) is 4.79 Å². The van der Waals surface area contributed by atoms with Crippen LogP contribution in [0.15, 0.2) is 18.3 Å². The van der Waals surface area contributed by atoms with Gasteiger partial charge in [0.1, 0.15) is 0 Å². The van der Waals surface area contributed by atoms with Gasteiger partial charge in [-0.3, -0.25) is 9.78 Å². The maximum absolute atomic E-state index is 11.9. The highest BCUT2D eigenvalue weighted by Crippen LogP contribution is 2.02. The first-order chi connectivity index (χ1) is 9.52. The maximum atomic E-state index is 11.9. The number of nitrogens with zero attached hydrogens (tertiary/aromatic N) is 1. The average molecular weight is 279 g/mol. The molecule has 1 aromatic heterocycles. The van der Waals surface area contributed by atoms with Crippen molar-refractivity contribution in [3.05, 3.63) is 29.6 Å². The second-order valence-electron chi connectivity index (χ2n) is 4.71. The Bertz CT molecular complexity index is 461. The fourth-order valence-corrected chi connectivity index (χ4v) is 1.46. The van der Waals surface area contributed by atoms with Crippen molar-refractivity contribution >= 4 is 12.0 Å². The lowest BCUT2D eigenvalue weighted by molar-refractivity contribution is 0.0948. The summed E-state index contributed by atoms with van der Waals surface area (Å²) < 4.78 is 4.75. The van der Waals surface area contributed by atoms with Gasteiger partial charge in [0.2, 0.25) is 0 Å². The standard InChI is InChI=1S/C14H21N3O3/c1-4-20-14(19)17-9-12-7-11(5-6-15-12)13(18)16-8-10(2)3/h5-7,10H,4,8-9H2,1-3H3,(H,16,18)(H,17,19). The summed E-state index contributed by atoms with van der Waals surface area (Å²) in [6, 6.07) is 3.30. The summed E-state index contributed by atoms with van der Waals surface area (Å²) in [6.07, 6.45) is 1.05. The first kappa shape index (κ1) is 15.9. The highest BCUT2D eigenvalue weighted by atomic mass is 16.5. The third-order valence-corrected chi connectivity index (χ3v) is 2.44. The van der Waals surface area contributed by atoms with E-state index in [1.165, 1.54) is 0 Å². The Morgan fingerprint density at radius 1 is 1.35 bits per heavy atom. The molecule has 2 N–H and O–H groups in total. The van der Waals surface area contributed by atoms with Gasteiger partial charge < -0.3 is 15.4 Å². The summed E-state index contributed by atoms with van der Waals surface area (Å²) in [6.45, 7) is 6.96. The summed E-state index contributed by atoms with van der Waals surface area (Å²) in [7, 11) is 0. The fourth-order valence-electron chi connectivity index (χ4n) is 1.46. The van der Waals surface area contributed by atoms with Gasteiger partial charge in [0, 0.05) is 18.3 Å². The maximum Gasteiger partial charge on any atom is 0.407 e. The number of aromatic nitrogens is 1. The number of carbonyl (C=O) groups is 2. The summed E-state index contributed by atoms with van der Waals surface area (Å²) in [5, 5.41) is 5.39. The Hall–Kier alpha value is -2.11. The Kier molecular flexibility index (Phi) is 6.49. The van der Waals surface area contributed by atoms with Crippen LogP contribution in [0, 0.1) is 5.92 Å². The molecule has 6 heteroatoms. The van der Waals surface area contributed by atoms with E-state index in [1.54, 1.807) is 25.3 Å². The molecule has 0 unspecified atom stereocenters. The zero-order valence-corrected chi connectivity index (χ0v) is 12.1. The molecule has 0 aliphatic heterocycles. The van der Waals surface area contributed by atoms with E-state index in [0.29, 0.717) is 30.3 Å². The van der Waals surface area contributed by atoms with Gasteiger partial charge in [0.25, 0.3) is 5.91 Å². The monoisotopic (exact) mass is 279 g/mol. The molecule has 0 aliphatic rings. The van der Waals surface area contributed by atoms with Crippen molar-refractivity contribution in [3.63, 3.8) is 0 Å². The molecule has 0 spiro atoms. The number of carbonyl (C=O) groups excluding carboxylic acids is 2. The van der Waals surface area contributed by atoms with Gasteiger partial charge in [0.05, 0.1) is 18.8 Å². The number of rotatable bonds is 6. The van der Waals surface area contributed by atoms with E-state index < -0.39 is 6.09 Å². The normalized spacial score (nSPS) is 10.2. The third-order valence-electron chi connectivity index (χ3n) is 2.44. The number of ether oxygens (including phenoxy) is 1. The van der Waals surface area contributed by atoms with Crippen LogP contribution < -0.4 is 10.6 Å². The molecule has 110 valence electrons. The fraction of sp³-hybridized carbons (Fsp3) is 0.500. The van der Waals surface area contributed by atoms with Crippen LogP contribution in [0.25, 0.3) is 0 Å². The van der Waals surface area contributed by atoms with E-state index in [2.05, 4.69) is 15.6 Å². The molecule has 0 atom stereocenters. The molecular formula is C14H21N3O3. The number of pyridine rings is 1. The molecule has 0 radical (unpaired) electrons. The van der Waals surface area contributed by atoms with Gasteiger partial charge in [-0.05, 0) is 25.0 Å². The molecule has 6 nitrogen and oxygen atoms in total. The molecule has 0 aliphatic carbocycles. The first-order valence-corrected chi connectivity index (χ1v) is 6.66. The average Bonchev–Trinajstić information content (AvgIpc) is 2.43. The number of amides is 2. The van der Waals surface area contributed by atoms with E-state index in [-0.39, 0.29) is 12.5 Å². The lowest BCUT2D eigenvalue weighted by Crippen LogP contribution is -2.28. The molecule has 1 heterocycles. The Balaban J connectivity index is 2.56. The minimum Gasteiger partial charge on any atom is -0.450 e. The van der Waals surface area contributed by atoms with E-state index >= 15 is 0 Å². The van der Waals surface area contributed by atoms with Crippen LogP contribution in [0.2, 0.25) is 0 Å². The van der Waals surface area contributed by atoms with Crippen LogP contribution >= 0.6 is 0 Å². The first-order valence-electron chi connectivity index (χ1n) is 6.66. The van der Waals surface area contributed by atoms with Gasteiger partial charge in [-0.2, -0.15) is 0 Å². The molecule has 1 aromatic rings. The Labute approximate surface area is 118 Å². The van der Waals surface area contributed by atoms with Crippen molar-refractivity contribution in [2.24, 2.45) is 5.92 Å². The summed E-state index contributed by atoms with van der Waals surface area (Å²) in [5.41, 5.74) is 1.14. The SMILES string of the molecule is CCOC(=O)NCc1cc(C(=O)NCC(C)C)ccn1. The van der Waals surface area contributed by atoms with Crippen molar-refractivity contribution in [3.8, 4) is 0 Å². The largest absolute Gasteiger partial charge is 0.450 e. The van der Waals surface area contributed by atoms with Crippen LogP contribution in [-0.2, 0) is 11.3 Å². The van der Waals surface area contributed by atoms with Gasteiger partial charge >= 0.3 is 6.09 Å². The topological polar surface area (TPSA) is 80.3 Å². The van der Waals surface area contributed by atoms with E-state index in [0.717, 1.165) is 0 Å². The van der Waals surface area contributed by atoms with Crippen molar-refractivity contribution in [2.45, 2.75) is 27.3 Å². The number of hydrogen-bond donors (Lipinski definition) is 2. The predicted molar refractivity (Wildman–Crippen MR) is 75.3 cm³/mol. The summed E-state index contributed by atoms with van der Waals surface area (Å²) in [5.74, 6) is 0.254. The van der Waals surface area contributed by atoms with Crippen LogP contribution in [0.3, 0.4) is 0 Å². The van der Waals surface area contributed by atoms with Crippen molar-refractivity contribution in [1.82, 2.24) is 15.6 Å². The van der Waals surface area contributed by atoms with Crippen LogP contribution in [0.1, 0.15) is 36.8 Å². The molecule has 20 heavy (non-hydrogen) atoms. The van der Waals surface area contributed by atoms with Crippen molar-refractivity contribution in [2.75, 3.05) is 13.2 Å². The number of alkyl carbamates (subject to hydrolysis) is 1. The van der Waals surface area contributed by atoms with Crippen LogP contribution in [0.4, 0.5) is 4.79 Å². The molecule has 0 fully saturated rings. The minimum absolute atomic E-state index is 0.140. The molecular weight excluding hydrogens is 258 g/mol. The van der Waals surface area contributed by atoms with E-state index in [1.807, 2.05) is 13.8 Å². The van der Waals surface area contributed by atoms with Gasteiger partial charge in [-0.15, -0.1) is 0 Å². The summed E-state index contributed by atoms with van der Waals surface area (Å²) >= 11 is 0. The predicted octanol–water partition coefficient (Wildman–Crippen LogP) is 1.71. The van der Waals surface area contributed by atoms with Crippen molar-refractivity contribution in [1.29, 1.82) is 0 Å². The van der Waals surface area contributed by atoms with Crippen molar-refractivity contribution < 1.29 is 14.3 Å². The molecule has 2 amide bonds. The zero-order valence-electron chi connectivity index (χ0n) is 12.1. The molecule has 1 rings (SSSR count). The van der Waals surface area contributed by atoms with Crippen LogP contribution in [-0.4, -0.2) is 30.1 Å². The van der Waals surface area contributed by atoms with E-state index in [9.17, 15) is 9.59 Å². The third kappa shape index (κ3) is 5.69. The quantitative estimate of drug-likeness (QED) is 0.830. The highest BCUT2D eigenvalue weighted by molar-refractivity contribution is 5.94. The number of nitrogens with one attached hydrogen (secondary N) is 2. The van der Waals surface area contributed by atoms with Gasteiger partial charge in [-0.1, -0.05) is 13.8 Å². The van der Waals surface area contributed by atoms with Crippen LogP contribution in [0.5, 0.6) is 0 Å². The Morgan fingerprint density at radius 3 is 2.75 bits per heavy atom. The smallest absolute Gasteiger partial charge is 0.407 e. The second kappa shape index (κ2) is 8.14. The highest BCUT2D eigenvalue weighted by Gasteiger charge is 2.08. The van der Waals surface area contributed by atoms with E-state index in [4.69, 9.17) is 4.74 Å². The van der Waals surface area contributed by atoms with Gasteiger partial charge in [0.15, 0.2) is 0 Å². The molecule has 0 saturated heterocycles. The Morgan fingerprint density at radius 2 is 2.10 bits per heavy atom. The molecule has 0 saturated carbocycles. The zero-order chi connectivity index (χ0) is 15.0. The minimum atomic E-state index is -0.496. The lowest BCUT2D eigenvalue weighted by atomic mass is 10.2. The lowest BCUT2D eigenvalue weighted by Gasteiger charge is -2.09.